The van der Waals surface area contributed by atoms with Crippen LogP contribution in [0.1, 0.15) is 37.4 Å². The lowest BCUT2D eigenvalue weighted by atomic mass is 10.0. The summed E-state index contributed by atoms with van der Waals surface area (Å²) in [5.74, 6) is 0. The van der Waals surface area contributed by atoms with E-state index in [1.807, 2.05) is 6.07 Å². The molecule has 2 atom stereocenters. The number of nitrogens with zero attached hydrogens (tertiary/aromatic N) is 3. The maximum atomic E-state index is 12.7. The Hall–Kier alpha value is -1.62. The first-order valence-corrected chi connectivity index (χ1v) is 14.8. The van der Waals surface area contributed by atoms with Crippen molar-refractivity contribution in [2.75, 3.05) is 58.0 Å². The molecule has 1 aliphatic heterocycles. The second kappa shape index (κ2) is 12.4. The van der Waals surface area contributed by atoms with E-state index in [0.717, 1.165) is 56.3 Å². The van der Waals surface area contributed by atoms with Gasteiger partial charge >= 0.3 is 0 Å². The molecule has 0 bridgehead atoms. The van der Waals surface area contributed by atoms with Gasteiger partial charge < -0.3 is 14.6 Å². The molecule has 0 amide bonds. The average molecular weight is 508 g/mol. The molecule has 0 saturated carbocycles. The molecule has 1 N–H and O–H groups in total. The summed E-state index contributed by atoms with van der Waals surface area (Å²) in [5, 5.41) is 10.7. The van der Waals surface area contributed by atoms with Crippen LogP contribution >= 0.6 is 0 Å². The highest BCUT2D eigenvalue weighted by Gasteiger charge is 2.27. The summed E-state index contributed by atoms with van der Waals surface area (Å²) in [6.45, 7) is 5.26. The molecular formula is C25H37N3O4S2. The minimum atomic E-state index is -3.75. The van der Waals surface area contributed by atoms with Crippen LogP contribution in [0.15, 0.2) is 58.3 Å². The van der Waals surface area contributed by atoms with Crippen molar-refractivity contribution >= 4 is 26.9 Å². The van der Waals surface area contributed by atoms with Gasteiger partial charge in [0, 0.05) is 46.0 Å². The minimum Gasteiger partial charge on any atom is -0.612 e. The molecule has 7 nitrogen and oxygen atoms in total. The van der Waals surface area contributed by atoms with Crippen molar-refractivity contribution in [1.29, 1.82) is 0 Å². The normalized spacial score (nSPS) is 17.2. The fourth-order valence-electron chi connectivity index (χ4n) is 4.25. The van der Waals surface area contributed by atoms with Crippen LogP contribution in [0, 0.1) is 0 Å². The zero-order valence-electron chi connectivity index (χ0n) is 20.4. The zero-order valence-corrected chi connectivity index (χ0v) is 22.0. The van der Waals surface area contributed by atoms with E-state index in [0.29, 0.717) is 12.0 Å². The molecule has 1 aliphatic rings. The monoisotopic (exact) mass is 507 g/mol. The van der Waals surface area contributed by atoms with E-state index in [4.69, 9.17) is 0 Å². The van der Waals surface area contributed by atoms with E-state index in [9.17, 15) is 18.1 Å². The van der Waals surface area contributed by atoms with Crippen molar-refractivity contribution in [1.82, 2.24) is 9.21 Å². The minimum absolute atomic E-state index is 0.00419. The highest BCUT2D eigenvalue weighted by molar-refractivity contribution is 7.93. The van der Waals surface area contributed by atoms with Crippen LogP contribution in [0.4, 0.5) is 5.69 Å². The van der Waals surface area contributed by atoms with Crippen molar-refractivity contribution in [3.63, 3.8) is 0 Å². The summed E-state index contributed by atoms with van der Waals surface area (Å²) in [5.41, 5.74) is 1.84. The number of rotatable bonds is 11. The van der Waals surface area contributed by atoms with E-state index >= 15 is 0 Å². The summed E-state index contributed by atoms with van der Waals surface area (Å²) in [7, 11) is -0.858. The summed E-state index contributed by atoms with van der Waals surface area (Å²) in [6, 6.07) is 15.2. The van der Waals surface area contributed by atoms with Gasteiger partial charge in [-0.25, -0.2) is 12.7 Å². The number of anilines is 1. The SMILES string of the molecule is CN(C)S(=O)(=O)c1cc(C(O)CCCCCN2CCN(c3ccccc3)CC2)ccc1[S+](C)[O-]. The van der Waals surface area contributed by atoms with Gasteiger partial charge in [0.05, 0.1) is 6.10 Å². The van der Waals surface area contributed by atoms with Crippen LogP contribution in [-0.2, 0) is 21.2 Å². The van der Waals surface area contributed by atoms with Crippen molar-refractivity contribution in [2.45, 2.75) is 41.6 Å². The van der Waals surface area contributed by atoms with E-state index < -0.39 is 27.3 Å². The Morgan fingerprint density at radius 3 is 2.32 bits per heavy atom. The first-order valence-electron chi connectivity index (χ1n) is 11.8. The Balaban J connectivity index is 1.44. The number of sulfonamides is 1. The molecule has 188 valence electrons. The van der Waals surface area contributed by atoms with Crippen LogP contribution in [0.3, 0.4) is 0 Å². The molecule has 34 heavy (non-hydrogen) atoms. The molecule has 0 aliphatic carbocycles. The second-order valence-electron chi connectivity index (χ2n) is 8.98. The predicted molar refractivity (Wildman–Crippen MR) is 138 cm³/mol. The molecule has 0 aromatic heterocycles. The molecule has 2 unspecified atom stereocenters. The Morgan fingerprint density at radius 1 is 1.03 bits per heavy atom. The predicted octanol–water partition coefficient (Wildman–Crippen LogP) is 3.09. The molecule has 9 heteroatoms. The molecule has 1 fully saturated rings. The van der Waals surface area contributed by atoms with Gasteiger partial charge in [-0.15, -0.1) is 0 Å². The molecule has 1 saturated heterocycles. The molecule has 1 heterocycles. The highest BCUT2D eigenvalue weighted by Crippen LogP contribution is 2.29. The lowest BCUT2D eigenvalue weighted by Gasteiger charge is -2.36. The second-order valence-corrected chi connectivity index (χ2v) is 12.4. The number of aliphatic hydroxyl groups excluding tert-OH is 1. The van der Waals surface area contributed by atoms with Gasteiger partial charge in [-0.3, -0.25) is 4.90 Å². The van der Waals surface area contributed by atoms with Crippen molar-refractivity contribution in [3.8, 4) is 0 Å². The largest absolute Gasteiger partial charge is 0.612 e. The van der Waals surface area contributed by atoms with Crippen LogP contribution in [0.25, 0.3) is 0 Å². The number of hydrogen-bond acceptors (Lipinski definition) is 6. The van der Waals surface area contributed by atoms with Gasteiger partial charge in [-0.05, 0) is 60.4 Å². The smallest absolute Gasteiger partial charge is 0.247 e. The number of unbranched alkanes of at least 4 members (excludes halogenated alkanes) is 2. The van der Waals surface area contributed by atoms with E-state index in [2.05, 4.69) is 34.1 Å². The van der Waals surface area contributed by atoms with E-state index in [1.165, 1.54) is 32.1 Å². The third kappa shape index (κ3) is 6.96. The summed E-state index contributed by atoms with van der Waals surface area (Å²) in [6.07, 6.45) is 4.23. The molecule has 0 radical (unpaired) electrons. The topological polar surface area (TPSA) is 87.2 Å². The fraction of sp³-hybridized carbons (Fsp3) is 0.520. The molecule has 2 aromatic rings. The highest BCUT2D eigenvalue weighted by atomic mass is 32.2. The van der Waals surface area contributed by atoms with Gasteiger partial charge in [0.15, 0.2) is 4.90 Å². The first-order chi connectivity index (χ1) is 16.2. The van der Waals surface area contributed by atoms with E-state index in [-0.39, 0.29) is 9.79 Å². The summed E-state index contributed by atoms with van der Waals surface area (Å²) < 4.78 is 38.5. The Labute approximate surface area is 207 Å². The van der Waals surface area contributed by atoms with Crippen LogP contribution in [0.5, 0.6) is 0 Å². The third-order valence-corrected chi connectivity index (χ3v) is 9.33. The van der Waals surface area contributed by atoms with Gasteiger partial charge in [0.2, 0.25) is 10.0 Å². The maximum absolute atomic E-state index is 12.7. The van der Waals surface area contributed by atoms with Crippen LogP contribution < -0.4 is 4.90 Å². The van der Waals surface area contributed by atoms with Crippen molar-refractivity contribution < 1.29 is 18.1 Å². The quantitative estimate of drug-likeness (QED) is 0.372. The number of benzene rings is 2. The fourth-order valence-corrected chi connectivity index (χ4v) is 6.52. The number of aliphatic hydroxyl groups is 1. The molecule has 3 rings (SSSR count). The van der Waals surface area contributed by atoms with Crippen molar-refractivity contribution in [3.05, 3.63) is 54.1 Å². The standard InChI is InChI=1S/C25H37N3O4S2/c1-26(2)34(31,32)25-20-21(13-14-24(25)33(3)30)23(29)12-8-5-9-15-27-16-18-28(19-17-27)22-10-6-4-7-11-22/h4,6-7,10-11,13-14,20,23,29H,5,8-9,12,15-19H2,1-3H3. The molecule has 2 aromatic carbocycles. The number of para-hydroxylation sites is 1. The van der Waals surface area contributed by atoms with Gasteiger partial charge in [0.25, 0.3) is 0 Å². The Bertz CT molecular complexity index is 1010. The lowest BCUT2D eigenvalue weighted by molar-refractivity contribution is 0.162. The molecule has 0 spiro atoms. The van der Waals surface area contributed by atoms with Crippen LogP contribution in [0.2, 0.25) is 0 Å². The third-order valence-electron chi connectivity index (χ3n) is 6.37. The summed E-state index contributed by atoms with van der Waals surface area (Å²) >= 11 is -1.44. The lowest BCUT2D eigenvalue weighted by Crippen LogP contribution is -2.46. The Morgan fingerprint density at radius 2 is 1.71 bits per heavy atom. The number of piperazine rings is 1. The first kappa shape index (κ1) is 27.0. The van der Waals surface area contributed by atoms with Gasteiger partial charge in [-0.1, -0.05) is 37.1 Å². The van der Waals surface area contributed by atoms with Crippen LogP contribution in [-0.4, -0.2) is 80.4 Å². The van der Waals surface area contributed by atoms with Gasteiger partial charge in [-0.2, -0.15) is 0 Å². The van der Waals surface area contributed by atoms with Crippen molar-refractivity contribution in [2.24, 2.45) is 0 Å². The average Bonchev–Trinajstić information content (AvgIpc) is 2.84. The zero-order chi connectivity index (χ0) is 24.7. The van der Waals surface area contributed by atoms with E-state index in [1.54, 1.807) is 12.1 Å². The summed E-state index contributed by atoms with van der Waals surface area (Å²) in [4.78, 5) is 5.19. The number of hydrogen-bond donors (Lipinski definition) is 1. The molecular weight excluding hydrogens is 470 g/mol. The maximum Gasteiger partial charge on any atom is 0.247 e. The van der Waals surface area contributed by atoms with Gasteiger partial charge in [0.1, 0.15) is 11.2 Å². The Kier molecular flexibility index (Phi) is 9.82.